The highest BCUT2D eigenvalue weighted by Gasteiger charge is 2.55. The van der Waals surface area contributed by atoms with E-state index in [4.69, 9.17) is 9.29 Å². The van der Waals surface area contributed by atoms with Gasteiger partial charge in [-0.1, -0.05) is 0 Å². The second-order valence-electron chi connectivity index (χ2n) is 2.98. The standard InChI is InChI=1S/C5H9NO4S/c7-11(8,9)6-5-3-1-10-2-4(3)5/h3-6H,1-2H2,(H,7,8,9). The van der Waals surface area contributed by atoms with Crippen LogP contribution in [0.3, 0.4) is 0 Å². The van der Waals surface area contributed by atoms with Crippen LogP contribution in [0.15, 0.2) is 0 Å². The summed E-state index contributed by atoms with van der Waals surface area (Å²) in [6.07, 6.45) is 0. The van der Waals surface area contributed by atoms with E-state index in [1.54, 1.807) is 0 Å². The summed E-state index contributed by atoms with van der Waals surface area (Å²) in [6, 6.07) is -0.0845. The molecule has 2 rings (SSSR count). The molecule has 1 saturated heterocycles. The first-order valence-corrected chi connectivity index (χ1v) is 4.84. The monoisotopic (exact) mass is 179 g/mol. The number of hydrogen-bond donors (Lipinski definition) is 2. The van der Waals surface area contributed by atoms with E-state index in [-0.39, 0.29) is 17.9 Å². The van der Waals surface area contributed by atoms with Crippen LogP contribution in [0.1, 0.15) is 0 Å². The first-order valence-electron chi connectivity index (χ1n) is 3.40. The summed E-state index contributed by atoms with van der Waals surface area (Å²) in [4.78, 5) is 0. The van der Waals surface area contributed by atoms with E-state index in [1.807, 2.05) is 0 Å². The molecular formula is C5H9NO4S. The van der Waals surface area contributed by atoms with Crippen molar-refractivity contribution >= 4 is 10.3 Å². The van der Waals surface area contributed by atoms with Crippen LogP contribution in [0.4, 0.5) is 0 Å². The Morgan fingerprint density at radius 1 is 1.36 bits per heavy atom. The minimum absolute atomic E-state index is 0.0845. The molecule has 64 valence electrons. The van der Waals surface area contributed by atoms with Crippen LogP contribution < -0.4 is 4.72 Å². The van der Waals surface area contributed by atoms with Crippen molar-refractivity contribution in [3.8, 4) is 0 Å². The van der Waals surface area contributed by atoms with Crippen molar-refractivity contribution in [2.45, 2.75) is 6.04 Å². The van der Waals surface area contributed by atoms with Crippen LogP contribution in [-0.2, 0) is 15.0 Å². The van der Waals surface area contributed by atoms with E-state index < -0.39 is 10.3 Å². The highest BCUT2D eigenvalue weighted by Crippen LogP contribution is 2.44. The van der Waals surface area contributed by atoms with Crippen molar-refractivity contribution in [2.24, 2.45) is 11.8 Å². The molecule has 11 heavy (non-hydrogen) atoms. The summed E-state index contributed by atoms with van der Waals surface area (Å²) in [5.41, 5.74) is 0. The predicted molar refractivity (Wildman–Crippen MR) is 36.3 cm³/mol. The fraction of sp³-hybridized carbons (Fsp3) is 1.00. The Morgan fingerprint density at radius 3 is 2.36 bits per heavy atom. The first-order chi connectivity index (χ1) is 5.08. The molecule has 1 heterocycles. The zero-order valence-electron chi connectivity index (χ0n) is 5.73. The molecule has 2 unspecified atom stereocenters. The van der Waals surface area contributed by atoms with Gasteiger partial charge in [-0.3, -0.25) is 4.55 Å². The molecule has 0 radical (unpaired) electrons. The van der Waals surface area contributed by atoms with Gasteiger partial charge in [0.05, 0.1) is 13.2 Å². The third-order valence-corrected chi connectivity index (χ3v) is 2.81. The fourth-order valence-corrected chi connectivity index (χ4v) is 2.28. The Labute approximate surface area is 64.6 Å². The lowest BCUT2D eigenvalue weighted by Gasteiger charge is -2.02. The van der Waals surface area contributed by atoms with Gasteiger partial charge in [-0.05, 0) is 0 Å². The number of rotatable bonds is 2. The summed E-state index contributed by atoms with van der Waals surface area (Å²) in [5.74, 6) is 0.578. The normalized spacial score (nSPS) is 42.1. The third-order valence-electron chi connectivity index (χ3n) is 2.24. The number of fused-ring (bicyclic) bond motifs is 1. The molecule has 1 aliphatic heterocycles. The Bertz CT molecular complexity index is 252. The Morgan fingerprint density at radius 2 is 1.91 bits per heavy atom. The minimum atomic E-state index is -4.01. The molecule has 1 saturated carbocycles. The van der Waals surface area contributed by atoms with Gasteiger partial charge in [0.2, 0.25) is 0 Å². The van der Waals surface area contributed by atoms with Crippen molar-refractivity contribution < 1.29 is 17.7 Å². The molecule has 0 aromatic carbocycles. The Hall–Kier alpha value is -0.170. The molecule has 2 atom stereocenters. The molecule has 1 aliphatic carbocycles. The summed E-state index contributed by atoms with van der Waals surface area (Å²) in [7, 11) is -4.01. The van der Waals surface area contributed by atoms with Crippen molar-refractivity contribution in [3.63, 3.8) is 0 Å². The molecule has 0 aromatic heterocycles. The average molecular weight is 179 g/mol. The summed E-state index contributed by atoms with van der Waals surface area (Å²) < 4.78 is 36.2. The van der Waals surface area contributed by atoms with Crippen molar-refractivity contribution in [1.82, 2.24) is 4.72 Å². The highest BCUT2D eigenvalue weighted by molar-refractivity contribution is 7.83. The van der Waals surface area contributed by atoms with Crippen LogP contribution in [0.2, 0.25) is 0 Å². The van der Waals surface area contributed by atoms with Crippen molar-refractivity contribution in [2.75, 3.05) is 13.2 Å². The number of nitrogens with one attached hydrogen (secondary N) is 1. The molecule has 6 heteroatoms. The van der Waals surface area contributed by atoms with Crippen LogP contribution in [-0.4, -0.2) is 32.2 Å². The molecule has 0 aromatic rings. The molecule has 0 bridgehead atoms. The van der Waals surface area contributed by atoms with E-state index in [0.29, 0.717) is 13.2 Å². The lowest BCUT2D eigenvalue weighted by Crippen LogP contribution is -2.29. The molecular weight excluding hydrogens is 170 g/mol. The second-order valence-corrected chi connectivity index (χ2v) is 4.17. The van der Waals surface area contributed by atoms with Crippen LogP contribution in [0, 0.1) is 11.8 Å². The maximum Gasteiger partial charge on any atom is 0.333 e. The van der Waals surface area contributed by atoms with E-state index >= 15 is 0 Å². The third kappa shape index (κ3) is 1.39. The van der Waals surface area contributed by atoms with Gasteiger partial charge in [-0.25, -0.2) is 0 Å². The molecule has 0 spiro atoms. The van der Waals surface area contributed by atoms with Gasteiger partial charge in [0.15, 0.2) is 0 Å². The smallest absolute Gasteiger partial charge is 0.333 e. The van der Waals surface area contributed by atoms with E-state index in [1.165, 1.54) is 0 Å². The molecule has 5 nitrogen and oxygen atoms in total. The van der Waals surface area contributed by atoms with Gasteiger partial charge in [0.25, 0.3) is 0 Å². The maximum atomic E-state index is 10.3. The van der Waals surface area contributed by atoms with Gasteiger partial charge in [-0.15, -0.1) is 0 Å². The molecule has 2 fully saturated rings. The first kappa shape index (κ1) is 7.48. The fourth-order valence-electron chi connectivity index (χ4n) is 1.59. The molecule has 0 amide bonds. The van der Waals surface area contributed by atoms with Crippen molar-refractivity contribution in [3.05, 3.63) is 0 Å². The summed E-state index contributed by atoms with van der Waals surface area (Å²) in [5, 5.41) is 0. The maximum absolute atomic E-state index is 10.3. The van der Waals surface area contributed by atoms with Crippen LogP contribution in [0.5, 0.6) is 0 Å². The number of ether oxygens (including phenoxy) is 1. The summed E-state index contributed by atoms with van der Waals surface area (Å²) >= 11 is 0. The zero-order valence-corrected chi connectivity index (χ0v) is 6.54. The highest BCUT2D eigenvalue weighted by atomic mass is 32.2. The topological polar surface area (TPSA) is 75.6 Å². The number of hydrogen-bond acceptors (Lipinski definition) is 3. The van der Waals surface area contributed by atoms with Gasteiger partial charge in [0, 0.05) is 17.9 Å². The lowest BCUT2D eigenvalue weighted by molar-refractivity contribution is 0.158. The van der Waals surface area contributed by atoms with Crippen molar-refractivity contribution in [1.29, 1.82) is 0 Å². The largest absolute Gasteiger partial charge is 0.381 e. The SMILES string of the molecule is O=S(=O)(O)NC1C2COCC21. The van der Waals surface area contributed by atoms with Crippen LogP contribution in [0.25, 0.3) is 0 Å². The molecule has 2 aliphatic rings. The van der Waals surface area contributed by atoms with E-state index in [9.17, 15) is 8.42 Å². The van der Waals surface area contributed by atoms with Gasteiger partial charge in [-0.2, -0.15) is 13.1 Å². The van der Waals surface area contributed by atoms with E-state index in [2.05, 4.69) is 4.72 Å². The van der Waals surface area contributed by atoms with Gasteiger partial charge in [0.1, 0.15) is 0 Å². The summed E-state index contributed by atoms with van der Waals surface area (Å²) in [6.45, 7) is 1.22. The van der Waals surface area contributed by atoms with Gasteiger partial charge >= 0.3 is 10.3 Å². The van der Waals surface area contributed by atoms with Crippen LogP contribution >= 0.6 is 0 Å². The van der Waals surface area contributed by atoms with E-state index in [0.717, 1.165) is 0 Å². The lowest BCUT2D eigenvalue weighted by atomic mass is 10.4. The zero-order chi connectivity index (χ0) is 8.06. The average Bonchev–Trinajstić information content (AvgIpc) is 2.39. The second kappa shape index (κ2) is 2.16. The Kier molecular flexibility index (Phi) is 1.47. The predicted octanol–water partition coefficient (Wildman–Crippen LogP) is -0.976. The molecule has 2 N–H and O–H groups in total. The minimum Gasteiger partial charge on any atom is -0.381 e. The Balaban J connectivity index is 1.93. The quantitative estimate of drug-likeness (QED) is 0.534. The van der Waals surface area contributed by atoms with Gasteiger partial charge < -0.3 is 4.74 Å².